The Hall–Kier alpha value is -2.05. The van der Waals surface area contributed by atoms with Crippen LogP contribution in [0.5, 0.6) is 0 Å². The number of aryl methyl sites for hydroxylation is 1. The molecule has 2 aromatic rings. The summed E-state index contributed by atoms with van der Waals surface area (Å²) in [6, 6.07) is 14.1. The van der Waals surface area contributed by atoms with Gasteiger partial charge >= 0.3 is 0 Å². The largest absolute Gasteiger partial charge is 0.293 e. The lowest BCUT2D eigenvalue weighted by Gasteiger charge is -2.21. The fraction of sp³-hybridized carbons (Fsp3) is 0.381. The van der Waals surface area contributed by atoms with Crippen LogP contribution in [0.3, 0.4) is 0 Å². The Bertz CT molecular complexity index is 859. The number of nitrogens with one attached hydrogen (secondary N) is 1. The Morgan fingerprint density at radius 1 is 1.07 bits per heavy atom. The van der Waals surface area contributed by atoms with Crippen LogP contribution in [0, 0.1) is 24.6 Å². The monoisotopic (exact) mass is 391 g/mol. The quantitative estimate of drug-likeness (QED) is 0.662. The minimum Gasteiger partial charge on any atom is -0.293 e. The molecule has 0 aromatic heterocycles. The van der Waals surface area contributed by atoms with Crippen molar-refractivity contribution in [1.82, 2.24) is 4.72 Å². The van der Waals surface area contributed by atoms with Gasteiger partial charge in [-0.2, -0.15) is 0 Å². The maximum absolute atomic E-state index is 13.9. The fourth-order valence-electron chi connectivity index (χ4n) is 2.99. The van der Waals surface area contributed by atoms with Crippen LogP contribution in [-0.2, 0) is 16.4 Å². The van der Waals surface area contributed by atoms with Crippen molar-refractivity contribution in [2.75, 3.05) is 12.3 Å². The van der Waals surface area contributed by atoms with E-state index in [1.807, 2.05) is 44.2 Å². The lowest BCUT2D eigenvalue weighted by molar-refractivity contribution is 0.0992. The molecule has 0 heterocycles. The molecule has 0 spiro atoms. The summed E-state index contributed by atoms with van der Waals surface area (Å²) in [5, 5.41) is 0. The summed E-state index contributed by atoms with van der Waals surface area (Å²) in [6.07, 6.45) is 0.639. The molecule has 2 aromatic carbocycles. The minimum absolute atomic E-state index is 0.0649. The molecule has 0 saturated carbocycles. The molecule has 0 aliphatic heterocycles. The summed E-state index contributed by atoms with van der Waals surface area (Å²) in [5.41, 5.74) is 1.50. The molecule has 1 unspecified atom stereocenters. The molecule has 0 amide bonds. The number of hydrogen-bond donors (Lipinski definition) is 1. The molecule has 0 fully saturated rings. The van der Waals surface area contributed by atoms with Crippen LogP contribution >= 0.6 is 0 Å². The van der Waals surface area contributed by atoms with Crippen LogP contribution in [0.4, 0.5) is 4.39 Å². The summed E-state index contributed by atoms with van der Waals surface area (Å²) in [6.45, 7) is 5.15. The zero-order valence-corrected chi connectivity index (χ0v) is 16.7. The predicted octanol–water partition coefficient (Wildman–Crippen LogP) is 3.75. The molecule has 4 nitrogen and oxygen atoms in total. The van der Waals surface area contributed by atoms with E-state index >= 15 is 0 Å². The van der Waals surface area contributed by atoms with Crippen molar-refractivity contribution < 1.29 is 17.6 Å². The molecule has 27 heavy (non-hydrogen) atoms. The zero-order valence-electron chi connectivity index (χ0n) is 15.9. The van der Waals surface area contributed by atoms with Crippen molar-refractivity contribution in [2.45, 2.75) is 27.2 Å². The van der Waals surface area contributed by atoms with Gasteiger partial charge < -0.3 is 0 Å². The van der Waals surface area contributed by atoms with Crippen molar-refractivity contribution in [3.63, 3.8) is 0 Å². The average molecular weight is 392 g/mol. The normalized spacial score (nSPS) is 12.9. The van der Waals surface area contributed by atoms with Gasteiger partial charge in [0.05, 0.1) is 17.9 Å². The Morgan fingerprint density at radius 3 is 2.33 bits per heavy atom. The number of ketones is 1. The highest BCUT2D eigenvalue weighted by atomic mass is 32.2. The summed E-state index contributed by atoms with van der Waals surface area (Å²) < 4.78 is 41.2. The maximum atomic E-state index is 13.9. The first-order valence-electron chi connectivity index (χ1n) is 8.99. The number of Topliss-reactive ketones (excluding diaryl/α,β-unsaturated/α-hetero) is 1. The number of rotatable bonds is 9. The standard InChI is InChI=1S/C21H26FNO3S/c1-15(2)18(12-17-9-5-4-6-10-17)14-27(25,26)23-13-20(24)21-16(3)8-7-11-19(21)22/h4-11,15,18,23H,12-14H2,1-3H3. The van der Waals surface area contributed by atoms with Crippen LogP contribution in [0.2, 0.25) is 0 Å². The summed E-state index contributed by atoms with van der Waals surface area (Å²) in [4.78, 5) is 12.3. The lowest BCUT2D eigenvalue weighted by Crippen LogP contribution is -2.36. The number of hydrogen-bond acceptors (Lipinski definition) is 3. The SMILES string of the molecule is Cc1cccc(F)c1C(=O)CNS(=O)(=O)CC(Cc1ccccc1)C(C)C. The Labute approximate surface area is 160 Å². The highest BCUT2D eigenvalue weighted by Gasteiger charge is 2.24. The molecular weight excluding hydrogens is 365 g/mol. The number of carbonyl (C=O) groups excluding carboxylic acids is 1. The lowest BCUT2D eigenvalue weighted by atomic mass is 9.91. The van der Waals surface area contributed by atoms with Gasteiger partial charge in [0, 0.05) is 0 Å². The van der Waals surface area contributed by atoms with Crippen LogP contribution in [-0.4, -0.2) is 26.5 Å². The van der Waals surface area contributed by atoms with E-state index in [1.165, 1.54) is 12.1 Å². The number of sulfonamides is 1. The van der Waals surface area contributed by atoms with Crippen LogP contribution < -0.4 is 4.72 Å². The van der Waals surface area contributed by atoms with Gasteiger partial charge in [0.1, 0.15) is 5.82 Å². The second-order valence-electron chi connectivity index (χ2n) is 7.15. The van der Waals surface area contributed by atoms with Crippen molar-refractivity contribution >= 4 is 15.8 Å². The van der Waals surface area contributed by atoms with Gasteiger partial charge in [0.2, 0.25) is 10.0 Å². The Balaban J connectivity index is 2.03. The first kappa shape index (κ1) is 21.3. The van der Waals surface area contributed by atoms with Gasteiger partial charge in [-0.3, -0.25) is 4.79 Å². The highest BCUT2D eigenvalue weighted by molar-refractivity contribution is 7.89. The van der Waals surface area contributed by atoms with E-state index in [0.717, 1.165) is 5.56 Å². The molecule has 1 atom stereocenters. The molecule has 146 valence electrons. The Kier molecular flexibility index (Phi) is 7.27. The third-order valence-electron chi connectivity index (χ3n) is 4.67. The van der Waals surface area contributed by atoms with Gasteiger partial charge in [-0.05, 0) is 42.4 Å². The molecule has 0 bridgehead atoms. The van der Waals surface area contributed by atoms with Gasteiger partial charge in [-0.25, -0.2) is 17.5 Å². The third kappa shape index (κ3) is 6.26. The summed E-state index contributed by atoms with van der Waals surface area (Å²) >= 11 is 0. The smallest absolute Gasteiger partial charge is 0.212 e. The second-order valence-corrected chi connectivity index (χ2v) is 9.00. The predicted molar refractivity (Wildman–Crippen MR) is 106 cm³/mol. The van der Waals surface area contributed by atoms with Crippen molar-refractivity contribution in [1.29, 1.82) is 0 Å². The topological polar surface area (TPSA) is 63.2 Å². The van der Waals surface area contributed by atoms with Gasteiger partial charge in [-0.1, -0.05) is 56.3 Å². The molecular formula is C21H26FNO3S. The molecule has 2 rings (SSSR count). The van der Waals surface area contributed by atoms with E-state index in [1.54, 1.807) is 13.0 Å². The molecule has 0 radical (unpaired) electrons. The van der Waals surface area contributed by atoms with E-state index < -0.39 is 28.2 Å². The summed E-state index contributed by atoms with van der Waals surface area (Å²) in [5.74, 6) is -1.22. The maximum Gasteiger partial charge on any atom is 0.212 e. The molecule has 6 heteroatoms. The molecule has 0 aliphatic rings. The van der Waals surface area contributed by atoms with Crippen LogP contribution in [0.15, 0.2) is 48.5 Å². The minimum atomic E-state index is -3.67. The van der Waals surface area contributed by atoms with Crippen LogP contribution in [0.25, 0.3) is 0 Å². The second kappa shape index (κ2) is 9.24. The van der Waals surface area contributed by atoms with Gasteiger partial charge in [0.15, 0.2) is 5.78 Å². The zero-order chi connectivity index (χ0) is 20.0. The van der Waals surface area contributed by atoms with E-state index in [2.05, 4.69) is 4.72 Å². The fourth-order valence-corrected chi connectivity index (χ4v) is 4.53. The molecule has 1 N–H and O–H groups in total. The average Bonchev–Trinajstić information content (AvgIpc) is 2.60. The summed E-state index contributed by atoms with van der Waals surface area (Å²) in [7, 11) is -3.67. The molecule has 0 saturated heterocycles. The van der Waals surface area contributed by atoms with E-state index in [-0.39, 0.29) is 23.2 Å². The first-order valence-corrected chi connectivity index (χ1v) is 10.6. The number of benzene rings is 2. The number of halogens is 1. The third-order valence-corrected chi connectivity index (χ3v) is 6.12. The van der Waals surface area contributed by atoms with Crippen molar-refractivity contribution in [3.05, 3.63) is 71.0 Å². The van der Waals surface area contributed by atoms with Crippen LogP contribution in [0.1, 0.15) is 35.3 Å². The van der Waals surface area contributed by atoms with E-state index in [0.29, 0.717) is 12.0 Å². The van der Waals surface area contributed by atoms with Crippen molar-refractivity contribution in [2.24, 2.45) is 11.8 Å². The number of carbonyl (C=O) groups is 1. The highest BCUT2D eigenvalue weighted by Crippen LogP contribution is 2.19. The Morgan fingerprint density at radius 2 is 1.74 bits per heavy atom. The first-order chi connectivity index (χ1) is 12.7. The van der Waals surface area contributed by atoms with Crippen molar-refractivity contribution in [3.8, 4) is 0 Å². The molecule has 0 aliphatic carbocycles. The van der Waals surface area contributed by atoms with Gasteiger partial charge in [0.25, 0.3) is 0 Å². The van der Waals surface area contributed by atoms with E-state index in [9.17, 15) is 17.6 Å². The van der Waals surface area contributed by atoms with E-state index in [4.69, 9.17) is 0 Å². The van der Waals surface area contributed by atoms with Gasteiger partial charge in [-0.15, -0.1) is 0 Å².